The van der Waals surface area contributed by atoms with Crippen molar-refractivity contribution in [2.24, 2.45) is 34.1 Å². The monoisotopic (exact) mass is 1240 g/mol. The molecular formula is C59H102N10O18. The van der Waals surface area contributed by atoms with Gasteiger partial charge in [0.25, 0.3) is 59.1 Å². The van der Waals surface area contributed by atoms with Gasteiger partial charge in [-0.05, 0) is 56.8 Å². The third-order valence-corrected chi connectivity index (χ3v) is 12.5. The fourth-order valence-electron chi connectivity index (χ4n) is 7.60. The van der Waals surface area contributed by atoms with Crippen LogP contribution >= 0.6 is 0 Å². The molecule has 0 saturated carbocycles. The summed E-state index contributed by atoms with van der Waals surface area (Å²) in [5.74, 6) is -2.69. The molecule has 87 heavy (non-hydrogen) atoms. The molecule has 0 saturated heterocycles. The molecule has 12 amide bonds. The Morgan fingerprint density at radius 2 is 0.563 bits per heavy atom. The summed E-state index contributed by atoms with van der Waals surface area (Å²) in [6.07, 6.45) is 26.7. The van der Waals surface area contributed by atoms with Crippen LogP contribution in [0.3, 0.4) is 0 Å². The predicted octanol–water partition coefficient (Wildman–Crippen LogP) is 4.33. The summed E-state index contributed by atoms with van der Waals surface area (Å²) in [7, 11) is 2.32. The van der Waals surface area contributed by atoms with Gasteiger partial charge in [-0.1, -0.05) is 93.9 Å². The molecule has 496 valence electrons. The third kappa shape index (κ3) is 38.6. The normalized spacial score (nSPS) is 14.3. The number of methoxy groups -OCH3 is 2. The molecule has 0 atom stereocenters. The molecule has 0 fully saturated rings. The topological polar surface area (TPSA) is 407 Å². The van der Waals surface area contributed by atoms with Crippen molar-refractivity contribution in [1.29, 1.82) is 0 Å². The third-order valence-electron chi connectivity index (χ3n) is 12.5. The number of amides is 12. The number of primary amides is 1. The molecule has 28 heteroatoms. The van der Waals surface area contributed by atoms with Crippen molar-refractivity contribution in [2.75, 3.05) is 93.7 Å². The number of ether oxygens (including phenoxy) is 6. The van der Waals surface area contributed by atoms with Crippen molar-refractivity contribution >= 4 is 71.3 Å². The second kappa shape index (κ2) is 54.2. The summed E-state index contributed by atoms with van der Waals surface area (Å²) in [5.41, 5.74) is 25.9. The highest BCUT2D eigenvalue weighted by atomic mass is 16.5. The van der Waals surface area contributed by atoms with Gasteiger partial charge in [-0.15, -0.1) is 0 Å². The van der Waals surface area contributed by atoms with Gasteiger partial charge in [-0.25, -0.2) is 9.59 Å². The zero-order valence-electron chi connectivity index (χ0n) is 50.5. The molecule has 5 rings (SSSR count). The summed E-state index contributed by atoms with van der Waals surface area (Å²) in [6.45, 7) is 13.8. The van der Waals surface area contributed by atoms with E-state index in [1.165, 1.54) is 75.3 Å². The van der Waals surface area contributed by atoms with E-state index in [-0.39, 0.29) is 94.4 Å². The Bertz CT molecular complexity index is 1910. The molecule has 5 aliphatic heterocycles. The minimum atomic E-state index is -0.954. The molecular weight excluding hydrogens is 1140 g/mol. The molecule has 0 unspecified atom stereocenters. The number of hydrogen-bond donors (Lipinski definition) is 5. The van der Waals surface area contributed by atoms with Gasteiger partial charge in [0.15, 0.2) is 0 Å². The Balaban J connectivity index is -0.000000472. The number of imide groups is 7. The molecule has 0 aliphatic carbocycles. The Morgan fingerprint density at radius 3 is 0.724 bits per heavy atom. The van der Waals surface area contributed by atoms with Crippen LogP contribution in [0.25, 0.3) is 0 Å². The lowest BCUT2D eigenvalue weighted by Crippen LogP contribution is -2.35. The van der Waals surface area contributed by atoms with Gasteiger partial charge in [0.1, 0.15) is 0 Å². The Labute approximate surface area is 514 Å². The van der Waals surface area contributed by atoms with Crippen LogP contribution in [0.4, 0.5) is 9.59 Å². The highest BCUT2D eigenvalue weighted by Crippen LogP contribution is 2.35. The lowest BCUT2D eigenvalue weighted by Gasteiger charge is -2.34. The second-order valence-corrected chi connectivity index (χ2v) is 18.6. The summed E-state index contributed by atoms with van der Waals surface area (Å²) >= 11 is 0. The van der Waals surface area contributed by atoms with Gasteiger partial charge in [0.05, 0.1) is 41.1 Å². The largest absolute Gasteiger partial charge is 0.453 e. The van der Waals surface area contributed by atoms with Crippen LogP contribution in [0.5, 0.6) is 0 Å². The number of rotatable bonds is 32. The second-order valence-electron chi connectivity index (χ2n) is 18.6. The van der Waals surface area contributed by atoms with E-state index in [4.69, 9.17) is 41.9 Å². The Kier molecular flexibility index (Phi) is 53.8. The van der Waals surface area contributed by atoms with Crippen molar-refractivity contribution in [3.63, 3.8) is 0 Å². The molecule has 0 spiro atoms. The maximum absolute atomic E-state index is 11.0. The first kappa shape index (κ1) is 86.3. The minimum Gasteiger partial charge on any atom is -0.453 e. The quantitative estimate of drug-likeness (QED) is 0.0355. The first-order valence-corrected chi connectivity index (χ1v) is 28.4. The van der Waals surface area contributed by atoms with Crippen LogP contribution in [0.15, 0.2) is 60.8 Å². The van der Waals surface area contributed by atoms with E-state index in [1.54, 1.807) is 0 Å². The van der Waals surface area contributed by atoms with E-state index in [0.29, 0.717) is 57.5 Å². The van der Waals surface area contributed by atoms with E-state index in [1.807, 2.05) is 0 Å². The first-order valence-electron chi connectivity index (χ1n) is 28.4. The average molecular weight is 1240 g/mol. The maximum atomic E-state index is 11.0. The van der Waals surface area contributed by atoms with Crippen molar-refractivity contribution in [3.05, 3.63) is 60.8 Å². The zero-order valence-corrected chi connectivity index (χ0v) is 50.5. The van der Waals surface area contributed by atoms with Gasteiger partial charge in [-0.2, -0.15) is 4.90 Å². The molecule has 28 nitrogen and oxygen atoms in total. The van der Waals surface area contributed by atoms with Crippen molar-refractivity contribution in [2.45, 2.75) is 145 Å². The number of hydrogen-bond acceptors (Lipinski definition) is 22. The lowest BCUT2D eigenvalue weighted by molar-refractivity contribution is -0.138. The summed E-state index contributed by atoms with van der Waals surface area (Å²) < 4.78 is 29.2. The number of carbonyl (C=O) groups excluding carboxylic acids is 12. The Hall–Kier alpha value is -7.18. The maximum Gasteiger partial charge on any atom is 0.423 e. The highest BCUT2D eigenvalue weighted by Gasteiger charge is 2.32. The fourth-order valence-corrected chi connectivity index (χ4v) is 7.60. The van der Waals surface area contributed by atoms with Crippen molar-refractivity contribution in [1.82, 2.24) is 24.5 Å². The van der Waals surface area contributed by atoms with Gasteiger partial charge < -0.3 is 57.1 Å². The van der Waals surface area contributed by atoms with Crippen molar-refractivity contribution in [3.8, 4) is 0 Å². The molecule has 0 radical (unpaired) electrons. The summed E-state index contributed by atoms with van der Waals surface area (Å²) in [4.78, 5) is 135. The molecule has 5 aliphatic rings. The highest BCUT2D eigenvalue weighted by molar-refractivity contribution is 6.21. The van der Waals surface area contributed by atoms with Gasteiger partial charge in [0, 0.05) is 113 Å². The van der Waals surface area contributed by atoms with Crippen LogP contribution in [-0.2, 0) is 76.4 Å². The van der Waals surface area contributed by atoms with Crippen LogP contribution in [0.1, 0.15) is 145 Å². The minimum absolute atomic E-state index is 0. The zero-order chi connectivity index (χ0) is 64.4. The fraction of sp³-hybridized carbons (Fsp3) is 0.627. The SMILES string of the molecule is C.C.CCCCCN1C(=O)C=CC1=O.CCCCCN1C(=O)C=CC1=O.CCCCCN1C(=O)C=CC1=O.CCCCCN1C(=O)C=CC1=O.COC(=O)N1C(=O)C=CC1=O.COC(N)=O.NCOCCC(CCOCN)(CCOCN)CCOCN. The first-order chi connectivity index (χ1) is 40.7. The van der Waals surface area contributed by atoms with E-state index in [0.717, 1.165) is 122 Å². The van der Waals surface area contributed by atoms with Gasteiger partial charge >= 0.3 is 12.2 Å². The van der Waals surface area contributed by atoms with Crippen LogP contribution in [0, 0.1) is 5.41 Å². The number of nitrogens with two attached hydrogens (primary N) is 5. The molecule has 0 aromatic heterocycles. The van der Waals surface area contributed by atoms with E-state index in [9.17, 15) is 57.5 Å². The molecule has 0 aromatic rings. The lowest BCUT2D eigenvalue weighted by atomic mass is 9.76. The molecule has 0 bridgehead atoms. The predicted molar refractivity (Wildman–Crippen MR) is 326 cm³/mol. The number of nitrogens with zero attached hydrogens (tertiary/aromatic N) is 5. The standard InChI is InChI=1S/C13H32N4O4.4C9H13NO2.C6H5NO4.C2H5NO2.2CH4/c14-9-18-5-1-13(2-6-19-10-15,3-7-20-11-16)4-8-21-12-17;4*1-2-3-4-7-10-8(11)5-6-9(10)12;1-11-6(10)7-4(8)2-3-5(7)9;1-5-2(3)4;;/h1-12,14-17H2;4*5-6H,2-4,7H2,1H3;2-3H,1H3;1H3,(H2,3,4);2*1H4. The van der Waals surface area contributed by atoms with Crippen LogP contribution in [-0.4, -0.2) is 190 Å². The van der Waals surface area contributed by atoms with Crippen molar-refractivity contribution < 1.29 is 86.0 Å². The van der Waals surface area contributed by atoms with Crippen LogP contribution in [0.2, 0.25) is 0 Å². The number of carbonyl (C=O) groups is 12. The number of unbranched alkanes of at least 4 members (excludes halogenated alkanes) is 8. The van der Waals surface area contributed by atoms with E-state index >= 15 is 0 Å². The van der Waals surface area contributed by atoms with E-state index < -0.39 is 24.0 Å². The molecule has 0 aromatic carbocycles. The Morgan fingerprint density at radius 1 is 0.368 bits per heavy atom. The molecule has 10 N–H and O–H groups in total. The average Bonchev–Trinajstić information content (AvgIpc) is 4.37. The van der Waals surface area contributed by atoms with Gasteiger partial charge in [-0.3, -0.25) is 67.5 Å². The smallest absolute Gasteiger partial charge is 0.423 e. The van der Waals surface area contributed by atoms with Crippen LogP contribution < -0.4 is 28.7 Å². The van der Waals surface area contributed by atoms with Gasteiger partial charge in [0.2, 0.25) is 0 Å². The molecule has 5 heterocycles. The summed E-state index contributed by atoms with van der Waals surface area (Å²) in [6, 6.07) is 0. The summed E-state index contributed by atoms with van der Waals surface area (Å²) in [5, 5.41) is 0. The van der Waals surface area contributed by atoms with E-state index in [2.05, 4.69) is 42.9 Å².